The van der Waals surface area contributed by atoms with Gasteiger partial charge in [0.25, 0.3) is 0 Å². The topological polar surface area (TPSA) is 72.3 Å². The van der Waals surface area contributed by atoms with Gasteiger partial charge < -0.3 is 11.5 Å². The first-order valence-electron chi connectivity index (χ1n) is 6.00. The van der Waals surface area contributed by atoms with Crippen LogP contribution in [0.1, 0.15) is 22.3 Å². The third-order valence-electron chi connectivity index (χ3n) is 3.32. The monoisotopic (exact) mass is 233 g/mol. The lowest BCUT2D eigenvalue weighted by Crippen LogP contribution is -2.23. The molecule has 1 aromatic carbocycles. The van der Waals surface area contributed by atoms with Crippen LogP contribution < -0.4 is 11.5 Å². The summed E-state index contributed by atoms with van der Waals surface area (Å²) in [6.45, 7) is 3.77. The van der Waals surface area contributed by atoms with Gasteiger partial charge in [0.15, 0.2) is 0 Å². The standard InChI is InChI=1S/C13H19N3O/c14-7-11-4-5-16(9-11)8-10-2-1-3-12(6-10)13(15)17/h1-3,6,11H,4-5,7-9,14H2,(H2,15,17). The van der Waals surface area contributed by atoms with Crippen LogP contribution in [0.3, 0.4) is 0 Å². The Morgan fingerprint density at radius 3 is 2.94 bits per heavy atom. The fraction of sp³-hybridized carbons (Fsp3) is 0.462. The van der Waals surface area contributed by atoms with Gasteiger partial charge in [0.05, 0.1) is 0 Å². The van der Waals surface area contributed by atoms with Gasteiger partial charge in [-0.25, -0.2) is 0 Å². The van der Waals surface area contributed by atoms with Crippen molar-refractivity contribution in [2.75, 3.05) is 19.6 Å². The fourth-order valence-electron chi connectivity index (χ4n) is 2.33. The van der Waals surface area contributed by atoms with E-state index in [0.717, 1.165) is 31.7 Å². The average Bonchev–Trinajstić information content (AvgIpc) is 2.77. The third kappa shape index (κ3) is 3.05. The molecule has 0 aromatic heterocycles. The van der Waals surface area contributed by atoms with E-state index in [-0.39, 0.29) is 5.91 Å². The SMILES string of the molecule is NCC1CCN(Cc2cccc(C(N)=O)c2)C1. The van der Waals surface area contributed by atoms with Gasteiger partial charge in [0, 0.05) is 18.7 Å². The Kier molecular flexibility index (Phi) is 3.76. The third-order valence-corrected chi connectivity index (χ3v) is 3.32. The van der Waals surface area contributed by atoms with Crippen molar-refractivity contribution >= 4 is 5.91 Å². The van der Waals surface area contributed by atoms with E-state index in [2.05, 4.69) is 4.90 Å². The van der Waals surface area contributed by atoms with E-state index in [1.807, 2.05) is 18.2 Å². The maximum atomic E-state index is 11.1. The Morgan fingerprint density at radius 1 is 1.47 bits per heavy atom. The lowest BCUT2D eigenvalue weighted by atomic mass is 10.1. The summed E-state index contributed by atoms with van der Waals surface area (Å²) in [6.07, 6.45) is 1.17. The molecule has 1 amide bonds. The number of benzene rings is 1. The minimum Gasteiger partial charge on any atom is -0.366 e. The lowest BCUT2D eigenvalue weighted by molar-refractivity contribution is 0.1000. The van der Waals surface area contributed by atoms with Crippen molar-refractivity contribution in [2.45, 2.75) is 13.0 Å². The van der Waals surface area contributed by atoms with Crippen molar-refractivity contribution < 1.29 is 4.79 Å². The molecule has 0 radical (unpaired) electrons. The van der Waals surface area contributed by atoms with Crippen molar-refractivity contribution in [3.63, 3.8) is 0 Å². The maximum Gasteiger partial charge on any atom is 0.248 e. The summed E-state index contributed by atoms with van der Waals surface area (Å²) in [5.74, 6) is 0.252. The number of nitrogens with zero attached hydrogens (tertiary/aromatic N) is 1. The number of primary amides is 1. The first-order chi connectivity index (χ1) is 8.19. The number of carbonyl (C=O) groups excluding carboxylic acids is 1. The predicted octanol–water partition coefficient (Wildman–Crippen LogP) is 0.566. The molecule has 1 fully saturated rings. The highest BCUT2D eigenvalue weighted by Gasteiger charge is 2.20. The van der Waals surface area contributed by atoms with E-state index in [0.29, 0.717) is 11.5 Å². The summed E-state index contributed by atoms with van der Waals surface area (Å²) in [5, 5.41) is 0. The summed E-state index contributed by atoms with van der Waals surface area (Å²) in [5.41, 5.74) is 12.6. The highest BCUT2D eigenvalue weighted by molar-refractivity contribution is 5.92. The van der Waals surface area contributed by atoms with Crippen LogP contribution in [0.15, 0.2) is 24.3 Å². The van der Waals surface area contributed by atoms with Crippen LogP contribution in [0.4, 0.5) is 0 Å². The second-order valence-corrected chi connectivity index (χ2v) is 4.69. The fourth-order valence-corrected chi connectivity index (χ4v) is 2.33. The average molecular weight is 233 g/mol. The van der Waals surface area contributed by atoms with Crippen molar-refractivity contribution in [3.05, 3.63) is 35.4 Å². The van der Waals surface area contributed by atoms with Gasteiger partial charge in [-0.1, -0.05) is 12.1 Å². The van der Waals surface area contributed by atoms with E-state index in [4.69, 9.17) is 11.5 Å². The van der Waals surface area contributed by atoms with Gasteiger partial charge >= 0.3 is 0 Å². The largest absolute Gasteiger partial charge is 0.366 e. The van der Waals surface area contributed by atoms with Crippen molar-refractivity contribution in [1.82, 2.24) is 4.90 Å². The molecule has 0 spiro atoms. The van der Waals surface area contributed by atoms with Crippen LogP contribution in [0.25, 0.3) is 0 Å². The molecule has 17 heavy (non-hydrogen) atoms. The summed E-state index contributed by atoms with van der Waals surface area (Å²) >= 11 is 0. The summed E-state index contributed by atoms with van der Waals surface area (Å²) in [6, 6.07) is 7.53. The second-order valence-electron chi connectivity index (χ2n) is 4.69. The van der Waals surface area contributed by atoms with E-state index < -0.39 is 0 Å². The molecule has 0 bridgehead atoms. The van der Waals surface area contributed by atoms with Gasteiger partial charge in [-0.2, -0.15) is 0 Å². The second kappa shape index (κ2) is 5.29. The highest BCUT2D eigenvalue weighted by atomic mass is 16.1. The quantitative estimate of drug-likeness (QED) is 0.798. The van der Waals surface area contributed by atoms with Gasteiger partial charge in [0.1, 0.15) is 0 Å². The molecule has 0 aliphatic carbocycles. The van der Waals surface area contributed by atoms with Crippen LogP contribution >= 0.6 is 0 Å². The molecule has 4 N–H and O–H groups in total. The first kappa shape index (κ1) is 12.1. The molecule has 1 unspecified atom stereocenters. The molecule has 92 valence electrons. The Morgan fingerprint density at radius 2 is 2.29 bits per heavy atom. The maximum absolute atomic E-state index is 11.1. The van der Waals surface area contributed by atoms with Gasteiger partial charge in [-0.05, 0) is 43.1 Å². The van der Waals surface area contributed by atoms with Crippen molar-refractivity contribution in [3.8, 4) is 0 Å². The minimum absolute atomic E-state index is 0.367. The van der Waals surface area contributed by atoms with Crippen LogP contribution in [0.5, 0.6) is 0 Å². The number of hydrogen-bond donors (Lipinski definition) is 2. The number of carbonyl (C=O) groups is 1. The molecular formula is C13H19N3O. The lowest BCUT2D eigenvalue weighted by Gasteiger charge is -2.15. The molecule has 1 saturated heterocycles. The first-order valence-corrected chi connectivity index (χ1v) is 6.00. The van der Waals surface area contributed by atoms with E-state index in [1.54, 1.807) is 6.07 Å². The molecule has 1 aliphatic heterocycles. The van der Waals surface area contributed by atoms with Gasteiger partial charge in [0.2, 0.25) is 5.91 Å². The molecule has 1 aliphatic rings. The number of amides is 1. The zero-order chi connectivity index (χ0) is 12.3. The van der Waals surface area contributed by atoms with Crippen molar-refractivity contribution in [1.29, 1.82) is 0 Å². The predicted molar refractivity (Wildman–Crippen MR) is 67.4 cm³/mol. The Hall–Kier alpha value is -1.39. The minimum atomic E-state index is -0.367. The summed E-state index contributed by atoms with van der Waals surface area (Å²) < 4.78 is 0. The van der Waals surface area contributed by atoms with Crippen LogP contribution in [-0.4, -0.2) is 30.4 Å². The Bertz CT molecular complexity index is 405. The van der Waals surface area contributed by atoms with Gasteiger partial charge in [-0.15, -0.1) is 0 Å². The number of likely N-dealkylation sites (tertiary alicyclic amines) is 1. The van der Waals surface area contributed by atoms with E-state index in [9.17, 15) is 4.79 Å². The van der Waals surface area contributed by atoms with Crippen molar-refractivity contribution in [2.24, 2.45) is 17.4 Å². The highest BCUT2D eigenvalue weighted by Crippen LogP contribution is 2.18. The van der Waals surface area contributed by atoms with Crippen LogP contribution in [0.2, 0.25) is 0 Å². The molecule has 1 heterocycles. The van der Waals surface area contributed by atoms with E-state index in [1.165, 1.54) is 6.42 Å². The number of nitrogens with two attached hydrogens (primary N) is 2. The molecule has 4 heteroatoms. The molecule has 2 rings (SSSR count). The zero-order valence-electron chi connectivity index (χ0n) is 9.93. The molecular weight excluding hydrogens is 214 g/mol. The zero-order valence-corrected chi connectivity index (χ0v) is 9.93. The Balaban J connectivity index is 1.99. The Labute approximate surface area is 102 Å². The van der Waals surface area contributed by atoms with E-state index >= 15 is 0 Å². The molecule has 1 atom stereocenters. The number of rotatable bonds is 4. The molecule has 0 saturated carbocycles. The normalized spacial score (nSPS) is 20.6. The molecule has 4 nitrogen and oxygen atoms in total. The van der Waals surface area contributed by atoms with Crippen LogP contribution in [-0.2, 0) is 6.54 Å². The van der Waals surface area contributed by atoms with Gasteiger partial charge in [-0.3, -0.25) is 9.69 Å². The smallest absolute Gasteiger partial charge is 0.248 e. The summed E-state index contributed by atoms with van der Waals surface area (Å²) in [4.78, 5) is 13.5. The molecule has 1 aromatic rings. The summed E-state index contributed by atoms with van der Waals surface area (Å²) in [7, 11) is 0. The number of hydrogen-bond acceptors (Lipinski definition) is 3. The van der Waals surface area contributed by atoms with Crippen LogP contribution in [0, 0.1) is 5.92 Å².